The summed E-state index contributed by atoms with van der Waals surface area (Å²) >= 11 is 0. The highest BCUT2D eigenvalue weighted by molar-refractivity contribution is 5.93. The summed E-state index contributed by atoms with van der Waals surface area (Å²) in [6, 6.07) is 5.22. The van der Waals surface area contributed by atoms with E-state index in [1.54, 1.807) is 25.3 Å². The van der Waals surface area contributed by atoms with E-state index in [1.807, 2.05) is 21.0 Å². The molecule has 0 aromatic heterocycles. The van der Waals surface area contributed by atoms with Crippen molar-refractivity contribution < 1.29 is 36.3 Å². The molecule has 6 heteroatoms. The van der Waals surface area contributed by atoms with Crippen molar-refractivity contribution in [2.45, 2.75) is 13.3 Å². The molecule has 0 aliphatic carbocycles. The Hall–Kier alpha value is -1.46. The van der Waals surface area contributed by atoms with Crippen molar-refractivity contribution in [3.63, 3.8) is 0 Å². The smallest absolute Gasteiger partial charge is 0.342 e. The molecule has 0 saturated heterocycles. The minimum Gasteiger partial charge on any atom is -1.00 e. The molecule has 1 rings (SSSR count). The first kappa shape index (κ1) is 19.5. The standard InChI is InChI=1S/C15H23NO4.ClH/c1-5-10-19-14-12(7-6-8-13(14)18-4)15(17)20-11-9-16(2)3;/h6-8H,5,9-11H2,1-4H3;1H. The van der Waals surface area contributed by atoms with E-state index in [1.165, 1.54) is 4.90 Å². The highest BCUT2D eigenvalue weighted by atomic mass is 35.5. The fourth-order valence-corrected chi connectivity index (χ4v) is 1.62. The SMILES string of the molecule is CCCOc1c(OC)cccc1C(=O)OCC[NH+](C)C.[Cl-]. The second-order valence-corrected chi connectivity index (χ2v) is 4.78. The van der Waals surface area contributed by atoms with Crippen molar-refractivity contribution in [1.82, 2.24) is 0 Å². The van der Waals surface area contributed by atoms with Gasteiger partial charge in [-0.05, 0) is 18.6 Å². The first-order valence-electron chi connectivity index (χ1n) is 6.86. The summed E-state index contributed by atoms with van der Waals surface area (Å²) in [4.78, 5) is 13.3. The van der Waals surface area contributed by atoms with E-state index < -0.39 is 0 Å². The van der Waals surface area contributed by atoms with Gasteiger partial charge in [-0.1, -0.05) is 13.0 Å². The third kappa shape index (κ3) is 6.23. The second-order valence-electron chi connectivity index (χ2n) is 4.78. The van der Waals surface area contributed by atoms with Gasteiger partial charge in [0.1, 0.15) is 18.7 Å². The lowest BCUT2D eigenvalue weighted by Gasteiger charge is -2.14. The molecule has 21 heavy (non-hydrogen) atoms. The molecule has 0 heterocycles. The molecule has 0 radical (unpaired) electrons. The van der Waals surface area contributed by atoms with Gasteiger partial charge in [-0.2, -0.15) is 0 Å². The van der Waals surface area contributed by atoms with Gasteiger partial charge in [0.15, 0.2) is 11.5 Å². The molecule has 0 bridgehead atoms. The van der Waals surface area contributed by atoms with Crippen LogP contribution in [-0.4, -0.2) is 46.9 Å². The first-order chi connectivity index (χ1) is 9.60. The van der Waals surface area contributed by atoms with Crippen molar-refractivity contribution in [2.24, 2.45) is 0 Å². The molecule has 1 aromatic rings. The Morgan fingerprint density at radius 1 is 1.24 bits per heavy atom. The zero-order chi connectivity index (χ0) is 15.0. The van der Waals surface area contributed by atoms with Crippen molar-refractivity contribution in [3.05, 3.63) is 23.8 Å². The number of likely N-dealkylation sites (N-methyl/N-ethyl adjacent to an activating group) is 1. The molecule has 5 nitrogen and oxygen atoms in total. The quantitative estimate of drug-likeness (QED) is 0.552. The third-order valence-corrected chi connectivity index (χ3v) is 2.70. The predicted molar refractivity (Wildman–Crippen MR) is 76.7 cm³/mol. The van der Waals surface area contributed by atoms with Crippen molar-refractivity contribution in [1.29, 1.82) is 0 Å². The van der Waals surface area contributed by atoms with Gasteiger partial charge in [0.05, 0.1) is 27.8 Å². The van der Waals surface area contributed by atoms with Crippen LogP contribution in [-0.2, 0) is 4.74 Å². The van der Waals surface area contributed by atoms with Gasteiger partial charge in [0.2, 0.25) is 0 Å². The predicted octanol–water partition coefficient (Wildman–Crippen LogP) is -2.21. The summed E-state index contributed by atoms with van der Waals surface area (Å²) in [5, 5.41) is 0. The van der Waals surface area contributed by atoms with Gasteiger partial charge < -0.3 is 31.5 Å². The maximum Gasteiger partial charge on any atom is 0.342 e. The molecule has 1 N–H and O–H groups in total. The van der Waals surface area contributed by atoms with Crippen LogP contribution < -0.4 is 26.8 Å². The minimum absolute atomic E-state index is 0. The summed E-state index contributed by atoms with van der Waals surface area (Å²) in [5.41, 5.74) is 0.409. The Bertz CT molecular complexity index is 438. The monoisotopic (exact) mass is 317 g/mol. The Morgan fingerprint density at radius 2 is 1.95 bits per heavy atom. The molecule has 0 spiro atoms. The molecular formula is C15H24ClNO4. The maximum atomic E-state index is 12.1. The normalized spacial score (nSPS) is 9.95. The molecule has 1 aromatic carbocycles. The van der Waals surface area contributed by atoms with Crippen LogP contribution in [0.2, 0.25) is 0 Å². The second kappa shape index (κ2) is 10.3. The van der Waals surface area contributed by atoms with Crippen LogP contribution in [0.3, 0.4) is 0 Å². The van der Waals surface area contributed by atoms with Gasteiger partial charge in [-0.15, -0.1) is 0 Å². The van der Waals surface area contributed by atoms with E-state index in [9.17, 15) is 4.79 Å². The van der Waals surface area contributed by atoms with Crippen molar-refractivity contribution in [3.8, 4) is 11.5 Å². The number of quaternary nitrogens is 1. The number of hydrogen-bond donors (Lipinski definition) is 1. The topological polar surface area (TPSA) is 49.2 Å². The molecule has 0 aliphatic rings. The average Bonchev–Trinajstić information content (AvgIpc) is 2.44. The zero-order valence-electron chi connectivity index (χ0n) is 13.1. The minimum atomic E-state index is -0.378. The van der Waals surface area contributed by atoms with Crippen LogP contribution in [0.1, 0.15) is 23.7 Å². The third-order valence-electron chi connectivity index (χ3n) is 2.70. The van der Waals surface area contributed by atoms with E-state index in [4.69, 9.17) is 14.2 Å². The molecule has 0 amide bonds. The van der Waals surface area contributed by atoms with Gasteiger partial charge in [0.25, 0.3) is 0 Å². The van der Waals surface area contributed by atoms with Crippen LogP contribution in [0.5, 0.6) is 11.5 Å². The summed E-state index contributed by atoms with van der Waals surface area (Å²) in [6.45, 7) is 3.68. The molecule has 0 aliphatic heterocycles. The van der Waals surface area contributed by atoms with E-state index in [0.717, 1.165) is 13.0 Å². The van der Waals surface area contributed by atoms with E-state index in [0.29, 0.717) is 30.3 Å². The van der Waals surface area contributed by atoms with Crippen LogP contribution in [0.15, 0.2) is 18.2 Å². The number of carbonyl (C=O) groups excluding carboxylic acids is 1. The molecule has 0 saturated carbocycles. The number of rotatable bonds is 8. The van der Waals surface area contributed by atoms with Gasteiger partial charge >= 0.3 is 5.97 Å². The van der Waals surface area contributed by atoms with Gasteiger partial charge in [0, 0.05) is 0 Å². The fourth-order valence-electron chi connectivity index (χ4n) is 1.62. The number of hydrogen-bond acceptors (Lipinski definition) is 4. The average molecular weight is 318 g/mol. The van der Waals surface area contributed by atoms with Crippen molar-refractivity contribution in [2.75, 3.05) is 41.0 Å². The van der Waals surface area contributed by atoms with Crippen LogP contribution in [0.4, 0.5) is 0 Å². The van der Waals surface area contributed by atoms with Crippen LogP contribution in [0, 0.1) is 0 Å². The van der Waals surface area contributed by atoms with E-state index >= 15 is 0 Å². The summed E-state index contributed by atoms with van der Waals surface area (Å²) in [6.07, 6.45) is 0.858. The first-order valence-corrected chi connectivity index (χ1v) is 6.86. The van der Waals surface area contributed by atoms with Crippen molar-refractivity contribution >= 4 is 5.97 Å². The summed E-state index contributed by atoms with van der Waals surface area (Å²) in [5.74, 6) is 0.626. The number of halogens is 1. The molecule has 120 valence electrons. The van der Waals surface area contributed by atoms with Crippen LogP contribution in [0.25, 0.3) is 0 Å². The fraction of sp³-hybridized carbons (Fsp3) is 0.533. The number of methoxy groups -OCH3 is 1. The Labute approximate surface area is 132 Å². The summed E-state index contributed by atoms with van der Waals surface area (Å²) in [7, 11) is 5.57. The Balaban J connectivity index is 0.00000400. The van der Waals surface area contributed by atoms with E-state index in [2.05, 4.69) is 0 Å². The number of esters is 1. The number of para-hydroxylation sites is 1. The molecule has 0 unspecified atom stereocenters. The highest BCUT2D eigenvalue weighted by Crippen LogP contribution is 2.31. The molecule has 0 atom stereocenters. The highest BCUT2D eigenvalue weighted by Gasteiger charge is 2.18. The lowest BCUT2D eigenvalue weighted by molar-refractivity contribution is -0.858. The molecular weight excluding hydrogens is 294 g/mol. The Kier molecular flexibility index (Phi) is 9.58. The lowest BCUT2D eigenvalue weighted by atomic mass is 10.2. The van der Waals surface area contributed by atoms with Gasteiger partial charge in [-0.3, -0.25) is 0 Å². The van der Waals surface area contributed by atoms with E-state index in [-0.39, 0.29) is 18.4 Å². The largest absolute Gasteiger partial charge is 1.00 e. The Morgan fingerprint density at radius 3 is 2.52 bits per heavy atom. The number of ether oxygens (including phenoxy) is 3. The zero-order valence-corrected chi connectivity index (χ0v) is 13.8. The maximum absolute atomic E-state index is 12.1. The van der Waals surface area contributed by atoms with Gasteiger partial charge in [-0.25, -0.2) is 4.79 Å². The summed E-state index contributed by atoms with van der Waals surface area (Å²) < 4.78 is 16.1. The molecule has 0 fully saturated rings. The lowest BCUT2D eigenvalue weighted by Crippen LogP contribution is -3.06. The van der Waals surface area contributed by atoms with Crippen LogP contribution >= 0.6 is 0 Å². The number of nitrogens with one attached hydrogen (secondary N) is 1. The number of benzene rings is 1. The number of carbonyl (C=O) groups is 1.